The smallest absolute Gasteiger partial charge is 0.149 e. The summed E-state index contributed by atoms with van der Waals surface area (Å²) in [5, 5.41) is 0. The molecule has 1 saturated heterocycles. The molecule has 1 aliphatic heterocycles. The summed E-state index contributed by atoms with van der Waals surface area (Å²) in [6, 6.07) is 0.149. The van der Waals surface area contributed by atoms with E-state index in [2.05, 4.69) is 11.8 Å². The fourth-order valence-electron chi connectivity index (χ4n) is 1.47. The quantitative estimate of drug-likeness (QED) is 0.500. The molecule has 10 heavy (non-hydrogen) atoms. The molecule has 0 aliphatic carbocycles. The first-order valence-corrected chi connectivity index (χ1v) is 3.84. The van der Waals surface area contributed by atoms with Crippen LogP contribution in [0.1, 0.15) is 20.3 Å². The van der Waals surface area contributed by atoms with Crippen LogP contribution in [0.25, 0.3) is 0 Å². The lowest BCUT2D eigenvalue weighted by atomic mass is 9.94. The van der Waals surface area contributed by atoms with Gasteiger partial charge in [-0.15, -0.1) is 0 Å². The van der Waals surface area contributed by atoms with Crippen LogP contribution in [0.4, 0.5) is 0 Å². The van der Waals surface area contributed by atoms with Crippen LogP contribution >= 0.6 is 0 Å². The Balaban J connectivity index is 2.57. The van der Waals surface area contributed by atoms with E-state index in [1.54, 1.807) is 0 Å². The van der Waals surface area contributed by atoms with Crippen molar-refractivity contribution in [2.75, 3.05) is 13.6 Å². The zero-order valence-corrected chi connectivity index (χ0v) is 6.92. The van der Waals surface area contributed by atoms with E-state index < -0.39 is 0 Å². The second-order valence-electron chi connectivity index (χ2n) is 3.39. The van der Waals surface area contributed by atoms with Gasteiger partial charge in [0, 0.05) is 13.0 Å². The molecule has 0 unspecified atom stereocenters. The van der Waals surface area contributed by atoms with Gasteiger partial charge in [0.2, 0.25) is 0 Å². The molecule has 0 aromatic rings. The molecule has 0 saturated carbocycles. The van der Waals surface area contributed by atoms with E-state index >= 15 is 0 Å². The highest BCUT2D eigenvalue weighted by Crippen LogP contribution is 2.15. The average molecular weight is 141 g/mol. The number of likely N-dealkylation sites (N-methyl/N-ethyl adjacent to an activating group) is 1. The van der Waals surface area contributed by atoms with Gasteiger partial charge in [-0.1, -0.05) is 6.92 Å². The van der Waals surface area contributed by atoms with Gasteiger partial charge in [-0.25, -0.2) is 0 Å². The number of likely N-dealkylation sites (tertiary alicyclic amines) is 1. The topological polar surface area (TPSA) is 20.3 Å². The minimum absolute atomic E-state index is 0.149. The number of carbonyl (C=O) groups excluding carboxylic acids is 1. The summed E-state index contributed by atoms with van der Waals surface area (Å²) in [6.45, 7) is 5.17. The van der Waals surface area contributed by atoms with Crippen LogP contribution in [0.5, 0.6) is 0 Å². The Bertz CT molecular complexity index is 144. The molecule has 1 aliphatic rings. The molecule has 2 nitrogen and oxygen atoms in total. The van der Waals surface area contributed by atoms with Crippen LogP contribution in [0.3, 0.4) is 0 Å². The SMILES string of the molecule is C[C@@H]1CC(=O)[C@@H](C)N(C)C1. The lowest BCUT2D eigenvalue weighted by Crippen LogP contribution is -2.44. The zero-order valence-electron chi connectivity index (χ0n) is 6.92. The molecule has 0 N–H and O–H groups in total. The van der Waals surface area contributed by atoms with Crippen molar-refractivity contribution in [2.45, 2.75) is 26.3 Å². The molecule has 1 rings (SSSR count). The van der Waals surface area contributed by atoms with Crippen LogP contribution in [-0.4, -0.2) is 30.3 Å². The standard InChI is InChI=1S/C8H15NO/c1-6-4-8(10)7(2)9(3)5-6/h6-7H,4-5H2,1-3H3/t6-,7-/m1/s1. The molecule has 0 aromatic carbocycles. The zero-order chi connectivity index (χ0) is 7.72. The highest BCUT2D eigenvalue weighted by molar-refractivity contribution is 5.84. The van der Waals surface area contributed by atoms with E-state index in [4.69, 9.17) is 0 Å². The summed E-state index contributed by atoms with van der Waals surface area (Å²) in [6.07, 6.45) is 0.769. The van der Waals surface area contributed by atoms with Crippen molar-refractivity contribution in [3.8, 4) is 0 Å². The molecule has 58 valence electrons. The lowest BCUT2D eigenvalue weighted by molar-refractivity contribution is -0.127. The fourth-order valence-corrected chi connectivity index (χ4v) is 1.47. The molecule has 1 fully saturated rings. The third kappa shape index (κ3) is 1.37. The van der Waals surface area contributed by atoms with E-state index in [-0.39, 0.29) is 6.04 Å². The van der Waals surface area contributed by atoms with Crippen molar-refractivity contribution < 1.29 is 4.79 Å². The van der Waals surface area contributed by atoms with Crippen molar-refractivity contribution in [1.82, 2.24) is 4.90 Å². The van der Waals surface area contributed by atoms with Gasteiger partial charge in [0.1, 0.15) is 5.78 Å². The van der Waals surface area contributed by atoms with Crippen LogP contribution in [0.2, 0.25) is 0 Å². The van der Waals surface area contributed by atoms with Crippen LogP contribution in [0.15, 0.2) is 0 Å². The minimum atomic E-state index is 0.149. The number of Topliss-reactive ketones (excluding diaryl/α,β-unsaturated/α-hetero) is 1. The monoisotopic (exact) mass is 141 g/mol. The second kappa shape index (κ2) is 2.70. The number of hydrogen-bond donors (Lipinski definition) is 0. The van der Waals surface area contributed by atoms with E-state index in [0.717, 1.165) is 13.0 Å². The van der Waals surface area contributed by atoms with Crippen molar-refractivity contribution in [3.05, 3.63) is 0 Å². The molecule has 0 bridgehead atoms. The van der Waals surface area contributed by atoms with Gasteiger partial charge in [0.25, 0.3) is 0 Å². The Hall–Kier alpha value is -0.370. The lowest BCUT2D eigenvalue weighted by Gasteiger charge is -2.32. The maximum Gasteiger partial charge on any atom is 0.149 e. The normalized spacial score (nSPS) is 36.5. The van der Waals surface area contributed by atoms with E-state index in [9.17, 15) is 4.79 Å². The molecular formula is C8H15NO. The molecule has 1 heterocycles. The summed E-state index contributed by atoms with van der Waals surface area (Å²) < 4.78 is 0. The molecule has 0 aromatic heterocycles. The Kier molecular flexibility index (Phi) is 2.09. The predicted molar refractivity (Wildman–Crippen MR) is 40.9 cm³/mol. The van der Waals surface area contributed by atoms with Crippen LogP contribution < -0.4 is 0 Å². The van der Waals surface area contributed by atoms with Gasteiger partial charge in [0.15, 0.2) is 0 Å². The maximum atomic E-state index is 11.2. The Morgan fingerprint density at radius 3 is 2.60 bits per heavy atom. The largest absolute Gasteiger partial charge is 0.298 e. The van der Waals surface area contributed by atoms with Crippen LogP contribution in [-0.2, 0) is 4.79 Å². The van der Waals surface area contributed by atoms with E-state index in [1.165, 1.54) is 0 Å². The van der Waals surface area contributed by atoms with Gasteiger partial charge >= 0.3 is 0 Å². The summed E-state index contributed by atoms with van der Waals surface area (Å²) >= 11 is 0. The van der Waals surface area contributed by atoms with Gasteiger partial charge in [0.05, 0.1) is 6.04 Å². The van der Waals surface area contributed by atoms with Gasteiger partial charge in [-0.05, 0) is 19.9 Å². The van der Waals surface area contributed by atoms with E-state index in [1.807, 2.05) is 14.0 Å². The minimum Gasteiger partial charge on any atom is -0.298 e. The summed E-state index contributed by atoms with van der Waals surface area (Å²) in [5.41, 5.74) is 0. The average Bonchev–Trinajstić information content (AvgIpc) is 1.82. The number of piperidine rings is 1. The van der Waals surface area contributed by atoms with Crippen molar-refractivity contribution in [3.63, 3.8) is 0 Å². The summed E-state index contributed by atoms with van der Waals surface area (Å²) in [4.78, 5) is 13.3. The number of rotatable bonds is 0. The molecular weight excluding hydrogens is 126 g/mol. The Labute approximate surface area is 62.2 Å². The Morgan fingerprint density at radius 2 is 2.10 bits per heavy atom. The number of carbonyl (C=O) groups is 1. The maximum absolute atomic E-state index is 11.2. The third-order valence-electron chi connectivity index (χ3n) is 2.28. The van der Waals surface area contributed by atoms with Crippen molar-refractivity contribution in [2.24, 2.45) is 5.92 Å². The number of ketones is 1. The number of hydrogen-bond acceptors (Lipinski definition) is 2. The predicted octanol–water partition coefficient (Wildman–Crippen LogP) is 0.916. The summed E-state index contributed by atoms with van der Waals surface area (Å²) in [7, 11) is 2.01. The van der Waals surface area contributed by atoms with E-state index in [0.29, 0.717) is 11.7 Å². The number of nitrogens with zero attached hydrogens (tertiary/aromatic N) is 1. The molecule has 2 atom stereocenters. The molecule has 2 heteroatoms. The molecule has 0 amide bonds. The first-order chi connectivity index (χ1) is 4.61. The van der Waals surface area contributed by atoms with Gasteiger partial charge < -0.3 is 0 Å². The fraction of sp³-hybridized carbons (Fsp3) is 0.875. The third-order valence-corrected chi connectivity index (χ3v) is 2.28. The first-order valence-electron chi connectivity index (χ1n) is 3.84. The van der Waals surface area contributed by atoms with Gasteiger partial charge in [-0.3, -0.25) is 9.69 Å². The highest BCUT2D eigenvalue weighted by Gasteiger charge is 2.26. The molecule has 0 radical (unpaired) electrons. The van der Waals surface area contributed by atoms with Gasteiger partial charge in [-0.2, -0.15) is 0 Å². The highest BCUT2D eigenvalue weighted by atomic mass is 16.1. The van der Waals surface area contributed by atoms with Crippen LogP contribution in [0, 0.1) is 5.92 Å². The molecule has 0 spiro atoms. The van der Waals surface area contributed by atoms with Crippen molar-refractivity contribution in [1.29, 1.82) is 0 Å². The second-order valence-corrected chi connectivity index (χ2v) is 3.39. The van der Waals surface area contributed by atoms with Crippen molar-refractivity contribution >= 4 is 5.78 Å². The Morgan fingerprint density at radius 1 is 1.50 bits per heavy atom. The summed E-state index contributed by atoms with van der Waals surface area (Å²) in [5.74, 6) is 0.940. The first kappa shape index (κ1) is 7.73.